The van der Waals surface area contributed by atoms with Gasteiger partial charge in [-0.15, -0.1) is 0 Å². The summed E-state index contributed by atoms with van der Waals surface area (Å²) < 4.78 is 5.50. The molecule has 2 aromatic heterocycles. The van der Waals surface area contributed by atoms with E-state index in [0.29, 0.717) is 6.61 Å². The highest BCUT2D eigenvalue weighted by Crippen LogP contribution is 2.33. The number of halogens is 1. The van der Waals surface area contributed by atoms with Crippen molar-refractivity contribution in [2.75, 3.05) is 33.9 Å². The number of carbonyl (C=O) groups is 1. The van der Waals surface area contributed by atoms with E-state index in [1.165, 1.54) is 5.57 Å². The minimum atomic E-state index is -0.0326. The zero-order chi connectivity index (χ0) is 32.0. The molecule has 2 aromatic carbocycles. The van der Waals surface area contributed by atoms with Crippen molar-refractivity contribution < 1.29 is 9.53 Å². The number of aromatic amines is 2. The van der Waals surface area contributed by atoms with Gasteiger partial charge < -0.3 is 24.5 Å². The molecule has 2 unspecified atom stereocenters. The van der Waals surface area contributed by atoms with Gasteiger partial charge in [0.15, 0.2) is 0 Å². The Labute approximate surface area is 276 Å². The lowest BCUT2D eigenvalue weighted by molar-refractivity contribution is -0.137. The smallest absolute Gasteiger partial charge is 0.249 e. The van der Waals surface area contributed by atoms with Crippen LogP contribution in [0.15, 0.2) is 83.7 Å². The number of nitrogens with one attached hydrogen (secondary N) is 2. The van der Waals surface area contributed by atoms with Crippen molar-refractivity contribution in [1.82, 2.24) is 29.7 Å². The molecule has 8 nitrogen and oxygen atoms in total. The molecular formula is C37H43ClN6O2. The predicted octanol–water partition coefficient (Wildman–Crippen LogP) is 7.54. The fourth-order valence-electron chi connectivity index (χ4n) is 6.46. The highest BCUT2D eigenvalue weighted by Gasteiger charge is 2.32. The monoisotopic (exact) mass is 638 g/mol. The van der Waals surface area contributed by atoms with Crippen LogP contribution in [0, 0.1) is 0 Å². The topological polar surface area (TPSA) is 90.1 Å². The molecule has 46 heavy (non-hydrogen) atoms. The van der Waals surface area contributed by atoms with E-state index in [2.05, 4.69) is 88.6 Å². The van der Waals surface area contributed by atoms with E-state index in [0.717, 1.165) is 95.4 Å². The molecule has 0 bridgehead atoms. The van der Waals surface area contributed by atoms with Crippen molar-refractivity contribution in [1.29, 1.82) is 0 Å². The average Bonchev–Trinajstić information content (AvgIpc) is 3.86. The molecule has 3 heterocycles. The Morgan fingerprint density at radius 2 is 1.65 bits per heavy atom. The van der Waals surface area contributed by atoms with E-state index in [1.807, 2.05) is 30.3 Å². The second kappa shape index (κ2) is 14.6. The Hall–Kier alpha value is -3.98. The number of ether oxygens (including phenoxy) is 1. The summed E-state index contributed by atoms with van der Waals surface area (Å²) in [6.07, 6.45) is 13.5. The number of carbonyl (C=O) groups excluding carboxylic acids is 1. The van der Waals surface area contributed by atoms with Gasteiger partial charge in [0, 0.05) is 30.6 Å². The van der Waals surface area contributed by atoms with Crippen LogP contribution in [0.1, 0.15) is 56.7 Å². The molecule has 9 heteroatoms. The number of rotatable bonds is 12. The number of amides is 1. The molecule has 6 rings (SSSR count). The zero-order valence-electron chi connectivity index (χ0n) is 26.9. The van der Waals surface area contributed by atoms with Gasteiger partial charge >= 0.3 is 0 Å². The lowest BCUT2D eigenvalue weighted by Crippen LogP contribution is -2.34. The van der Waals surface area contributed by atoms with E-state index in [1.54, 1.807) is 0 Å². The third kappa shape index (κ3) is 7.20. The van der Waals surface area contributed by atoms with Crippen LogP contribution in [0.5, 0.6) is 0 Å². The Morgan fingerprint density at radius 1 is 1.00 bits per heavy atom. The molecule has 2 N–H and O–H groups in total. The van der Waals surface area contributed by atoms with Crippen LogP contribution in [-0.2, 0) is 16.0 Å². The minimum absolute atomic E-state index is 0.0326. The number of hydrogen-bond donors (Lipinski definition) is 2. The van der Waals surface area contributed by atoms with Crippen molar-refractivity contribution in [3.05, 3.63) is 95.3 Å². The molecule has 1 fully saturated rings. The lowest BCUT2D eigenvalue weighted by Gasteiger charge is -2.28. The quantitative estimate of drug-likeness (QED) is 0.157. The number of imidazole rings is 2. The normalized spacial score (nSPS) is 17.3. The van der Waals surface area contributed by atoms with E-state index in [9.17, 15) is 4.79 Å². The Balaban J connectivity index is 1.10. The van der Waals surface area contributed by atoms with Crippen molar-refractivity contribution in [3.8, 4) is 33.6 Å². The van der Waals surface area contributed by atoms with Crippen LogP contribution in [-0.4, -0.2) is 75.5 Å². The van der Waals surface area contributed by atoms with Gasteiger partial charge in [-0.3, -0.25) is 4.79 Å². The van der Waals surface area contributed by atoms with Crippen LogP contribution in [0.2, 0.25) is 0 Å². The second-order valence-corrected chi connectivity index (χ2v) is 12.8. The van der Waals surface area contributed by atoms with Crippen LogP contribution < -0.4 is 0 Å². The van der Waals surface area contributed by atoms with Crippen molar-refractivity contribution in [2.45, 2.75) is 57.5 Å². The molecule has 2 aliphatic rings. The molecule has 1 saturated heterocycles. The molecule has 2 atom stereocenters. The van der Waals surface area contributed by atoms with Gasteiger partial charge in [-0.1, -0.05) is 73.1 Å². The first-order chi connectivity index (χ1) is 22.4. The maximum absolute atomic E-state index is 12.7. The summed E-state index contributed by atoms with van der Waals surface area (Å²) in [6.45, 7) is 3.52. The molecular weight excluding hydrogens is 596 g/mol. The molecule has 1 amide bonds. The van der Waals surface area contributed by atoms with Gasteiger partial charge in [0.05, 0.1) is 29.8 Å². The summed E-state index contributed by atoms with van der Waals surface area (Å²) >= 11 is 6.57. The van der Waals surface area contributed by atoms with Gasteiger partial charge in [-0.05, 0) is 80.1 Å². The van der Waals surface area contributed by atoms with Gasteiger partial charge in [-0.25, -0.2) is 9.97 Å². The van der Waals surface area contributed by atoms with E-state index in [4.69, 9.17) is 21.3 Å². The van der Waals surface area contributed by atoms with E-state index >= 15 is 0 Å². The van der Waals surface area contributed by atoms with Gasteiger partial charge in [-0.2, -0.15) is 0 Å². The first-order valence-corrected chi connectivity index (χ1v) is 16.7. The van der Waals surface area contributed by atoms with Crippen molar-refractivity contribution in [3.63, 3.8) is 0 Å². The number of H-pyrrole nitrogens is 2. The van der Waals surface area contributed by atoms with Crippen LogP contribution >= 0.6 is 11.6 Å². The number of nitrogens with zero attached hydrogens (tertiary/aromatic N) is 4. The molecule has 0 spiro atoms. The maximum atomic E-state index is 12.7. The largest absolute Gasteiger partial charge is 0.372 e. The fraction of sp³-hybridized carbons (Fsp3) is 0.378. The number of likely N-dealkylation sites (tertiary alicyclic amines) is 1. The summed E-state index contributed by atoms with van der Waals surface area (Å²) in [5.41, 5.74) is 7.66. The standard InChI is InChI=1S/C37H43ClN6O2/c1-4-20-46-24-36(45)44-19-7-10-33(44)37-40-23-32(42-37)28-17-13-26(14-18-28)25-11-15-27(16-12-25)31-22-39-35(41-31)21-34(43(2)3)29-8-5-6-9-30(29)38/h6,9,11-18,22-23,33-34H,4-5,7-8,10,19-21,24H2,1-3H3,(H,39,41)(H,40,42). The van der Waals surface area contributed by atoms with Crippen molar-refractivity contribution in [2.24, 2.45) is 0 Å². The summed E-state index contributed by atoms with van der Waals surface area (Å²) in [4.78, 5) is 33.2. The summed E-state index contributed by atoms with van der Waals surface area (Å²) in [6, 6.07) is 17.2. The first-order valence-electron chi connectivity index (χ1n) is 16.3. The minimum Gasteiger partial charge on any atom is -0.372 e. The zero-order valence-corrected chi connectivity index (χ0v) is 27.7. The van der Waals surface area contributed by atoms with Crippen molar-refractivity contribution >= 4 is 17.5 Å². The van der Waals surface area contributed by atoms with Crippen LogP contribution in [0.4, 0.5) is 0 Å². The van der Waals surface area contributed by atoms with Gasteiger partial charge in [0.1, 0.15) is 18.3 Å². The number of hydrogen-bond acceptors (Lipinski definition) is 5. The summed E-state index contributed by atoms with van der Waals surface area (Å²) in [7, 11) is 4.20. The van der Waals surface area contributed by atoms with Crippen LogP contribution in [0.25, 0.3) is 33.6 Å². The first kappa shape index (κ1) is 32.0. The van der Waals surface area contributed by atoms with Crippen LogP contribution in [0.3, 0.4) is 0 Å². The molecule has 4 aromatic rings. The molecule has 1 aliphatic heterocycles. The Bertz CT molecular complexity index is 1690. The molecule has 0 saturated carbocycles. The summed E-state index contributed by atoms with van der Waals surface area (Å²) in [5.74, 6) is 1.82. The molecule has 240 valence electrons. The third-order valence-electron chi connectivity index (χ3n) is 8.98. The highest BCUT2D eigenvalue weighted by molar-refractivity contribution is 6.31. The fourth-order valence-corrected chi connectivity index (χ4v) is 6.77. The predicted molar refractivity (Wildman–Crippen MR) is 184 cm³/mol. The number of aromatic nitrogens is 4. The molecule has 0 radical (unpaired) electrons. The summed E-state index contributed by atoms with van der Waals surface area (Å²) in [5, 5.41) is 0.854. The van der Waals surface area contributed by atoms with Gasteiger partial charge in [0.2, 0.25) is 5.91 Å². The Morgan fingerprint density at radius 3 is 2.30 bits per heavy atom. The van der Waals surface area contributed by atoms with Gasteiger partial charge in [0.25, 0.3) is 0 Å². The van der Waals surface area contributed by atoms with E-state index in [-0.39, 0.29) is 24.6 Å². The number of benzene rings is 2. The SMILES string of the molecule is CCCOCC(=O)N1CCCC1c1ncc(-c2ccc(-c3ccc(-c4cnc(CC(C5=C(Cl)C=CCC5)N(C)C)[nH]4)cc3)cc2)[nH]1. The van der Waals surface area contributed by atoms with E-state index < -0.39 is 0 Å². The Kier molecular flexibility index (Phi) is 10.2. The highest BCUT2D eigenvalue weighted by atomic mass is 35.5. The second-order valence-electron chi connectivity index (χ2n) is 12.4. The maximum Gasteiger partial charge on any atom is 0.249 e. The average molecular weight is 639 g/mol. The third-order valence-corrected chi connectivity index (χ3v) is 9.34. The molecule has 1 aliphatic carbocycles. The lowest BCUT2D eigenvalue weighted by atomic mass is 9.94. The number of allylic oxidation sites excluding steroid dienone is 3. The number of likely N-dealkylation sites (N-methyl/N-ethyl adjacent to an activating group) is 1.